The summed E-state index contributed by atoms with van der Waals surface area (Å²) >= 11 is 0. The second kappa shape index (κ2) is 9.03. The lowest BCUT2D eigenvalue weighted by Crippen LogP contribution is -2.29. The average Bonchev–Trinajstić information content (AvgIpc) is 2.38. The van der Waals surface area contributed by atoms with Gasteiger partial charge in [-0.1, -0.05) is 38.7 Å². The molecule has 1 atom stereocenters. The van der Waals surface area contributed by atoms with Crippen molar-refractivity contribution in [1.82, 2.24) is 5.32 Å². The Morgan fingerprint density at radius 2 is 1.68 bits per heavy atom. The Morgan fingerprint density at radius 1 is 1.05 bits per heavy atom. The Bertz CT molecular complexity index is 346. The van der Waals surface area contributed by atoms with Crippen LogP contribution in [0.3, 0.4) is 0 Å². The summed E-state index contributed by atoms with van der Waals surface area (Å²) in [5, 5.41) is 3.33. The van der Waals surface area contributed by atoms with E-state index in [9.17, 15) is 8.78 Å². The van der Waals surface area contributed by atoms with Gasteiger partial charge in [-0.2, -0.15) is 0 Å². The third-order valence-electron chi connectivity index (χ3n) is 3.35. The fraction of sp³-hybridized carbons (Fsp3) is 0.625. The van der Waals surface area contributed by atoms with E-state index in [-0.39, 0.29) is 11.6 Å². The molecule has 0 radical (unpaired) electrons. The van der Waals surface area contributed by atoms with Crippen molar-refractivity contribution in [3.05, 3.63) is 35.4 Å². The van der Waals surface area contributed by atoms with Gasteiger partial charge in [0.1, 0.15) is 11.6 Å². The summed E-state index contributed by atoms with van der Waals surface area (Å²) in [4.78, 5) is 0. The molecule has 0 aliphatic heterocycles. The van der Waals surface area contributed by atoms with Crippen molar-refractivity contribution in [2.24, 2.45) is 0 Å². The molecule has 108 valence electrons. The van der Waals surface area contributed by atoms with Crippen LogP contribution in [0.1, 0.15) is 51.5 Å². The van der Waals surface area contributed by atoms with E-state index in [2.05, 4.69) is 12.2 Å². The van der Waals surface area contributed by atoms with Crippen molar-refractivity contribution in [2.45, 2.75) is 58.4 Å². The highest BCUT2D eigenvalue weighted by atomic mass is 19.1. The fourth-order valence-electron chi connectivity index (χ4n) is 2.18. The van der Waals surface area contributed by atoms with Gasteiger partial charge in [-0.15, -0.1) is 0 Å². The molecule has 19 heavy (non-hydrogen) atoms. The molecule has 1 aromatic rings. The van der Waals surface area contributed by atoms with Crippen LogP contribution in [0.2, 0.25) is 0 Å². The smallest absolute Gasteiger partial charge is 0.129 e. The molecule has 0 aromatic heterocycles. The molecule has 1 aromatic carbocycles. The molecule has 3 heteroatoms. The van der Waals surface area contributed by atoms with Crippen LogP contribution < -0.4 is 5.32 Å². The van der Waals surface area contributed by atoms with Gasteiger partial charge >= 0.3 is 0 Å². The maximum absolute atomic E-state index is 13.5. The first-order valence-corrected chi connectivity index (χ1v) is 7.31. The van der Waals surface area contributed by atoms with E-state index in [1.807, 2.05) is 6.92 Å². The predicted octanol–water partition coefficient (Wildman–Crippen LogP) is 4.46. The molecule has 0 saturated carbocycles. The van der Waals surface area contributed by atoms with Crippen LogP contribution >= 0.6 is 0 Å². The van der Waals surface area contributed by atoms with Gasteiger partial charge in [0.05, 0.1) is 0 Å². The zero-order valence-corrected chi connectivity index (χ0v) is 12.0. The summed E-state index contributed by atoms with van der Waals surface area (Å²) in [5.74, 6) is -0.895. The lowest BCUT2D eigenvalue weighted by Gasteiger charge is -2.14. The minimum Gasteiger partial charge on any atom is -0.314 e. The van der Waals surface area contributed by atoms with Gasteiger partial charge < -0.3 is 5.32 Å². The van der Waals surface area contributed by atoms with E-state index in [0.29, 0.717) is 6.42 Å². The van der Waals surface area contributed by atoms with Crippen molar-refractivity contribution in [1.29, 1.82) is 0 Å². The molecule has 0 aliphatic rings. The second-order valence-electron chi connectivity index (χ2n) is 5.17. The molecule has 0 aliphatic carbocycles. The SMILES string of the molecule is CCCCCCCNC(C)Cc1c(F)cccc1F. The minimum atomic E-state index is -0.448. The third-order valence-corrected chi connectivity index (χ3v) is 3.35. The first-order valence-electron chi connectivity index (χ1n) is 7.31. The van der Waals surface area contributed by atoms with Crippen molar-refractivity contribution >= 4 is 0 Å². The van der Waals surface area contributed by atoms with Crippen LogP contribution in [0.25, 0.3) is 0 Å². The zero-order valence-electron chi connectivity index (χ0n) is 12.0. The number of rotatable bonds is 9. The van der Waals surface area contributed by atoms with E-state index >= 15 is 0 Å². The van der Waals surface area contributed by atoms with E-state index < -0.39 is 11.6 Å². The Morgan fingerprint density at radius 3 is 2.32 bits per heavy atom. The summed E-state index contributed by atoms with van der Waals surface area (Å²) < 4.78 is 26.9. The molecule has 0 spiro atoms. The normalized spacial score (nSPS) is 12.6. The molecule has 0 saturated heterocycles. The van der Waals surface area contributed by atoms with Gasteiger partial charge in [-0.3, -0.25) is 0 Å². The van der Waals surface area contributed by atoms with E-state index in [1.165, 1.54) is 43.9 Å². The fourth-order valence-corrected chi connectivity index (χ4v) is 2.18. The number of halogens is 2. The Kier molecular flexibility index (Phi) is 7.65. The molecule has 1 unspecified atom stereocenters. The molecule has 1 nitrogen and oxygen atoms in total. The van der Waals surface area contributed by atoms with Crippen LogP contribution in [-0.2, 0) is 6.42 Å². The molecule has 0 amide bonds. The van der Waals surface area contributed by atoms with Crippen LogP contribution in [0.5, 0.6) is 0 Å². The number of unbranched alkanes of at least 4 members (excludes halogenated alkanes) is 4. The van der Waals surface area contributed by atoms with Crippen LogP contribution in [0.4, 0.5) is 8.78 Å². The molecular weight excluding hydrogens is 244 g/mol. The molecule has 1 rings (SSSR count). The molecule has 1 N–H and O–H groups in total. The predicted molar refractivity (Wildman–Crippen MR) is 76.3 cm³/mol. The molecule has 0 bridgehead atoms. The third kappa shape index (κ3) is 6.15. The topological polar surface area (TPSA) is 12.0 Å². The van der Waals surface area contributed by atoms with E-state index in [1.54, 1.807) is 0 Å². The monoisotopic (exact) mass is 269 g/mol. The van der Waals surface area contributed by atoms with Crippen LogP contribution in [0.15, 0.2) is 18.2 Å². The summed E-state index contributed by atoms with van der Waals surface area (Å²) in [6, 6.07) is 4.13. The standard InChI is InChI=1S/C16H25F2N/c1-3-4-5-6-7-11-19-13(2)12-14-15(17)9-8-10-16(14)18/h8-10,13,19H,3-7,11-12H2,1-2H3. The lowest BCUT2D eigenvalue weighted by molar-refractivity contribution is 0.486. The Hall–Kier alpha value is -0.960. The van der Waals surface area contributed by atoms with Crippen LogP contribution in [0, 0.1) is 11.6 Å². The first-order chi connectivity index (χ1) is 9.15. The molecule has 0 heterocycles. The summed E-state index contributed by atoms with van der Waals surface area (Å²) in [6.45, 7) is 5.09. The largest absolute Gasteiger partial charge is 0.314 e. The van der Waals surface area contributed by atoms with Gasteiger partial charge in [-0.25, -0.2) is 8.78 Å². The minimum absolute atomic E-state index is 0.0950. The summed E-state index contributed by atoms with van der Waals surface area (Å²) in [5.41, 5.74) is 0.188. The van der Waals surface area contributed by atoms with Gasteiger partial charge in [0.15, 0.2) is 0 Å². The van der Waals surface area contributed by atoms with Crippen molar-refractivity contribution in [2.75, 3.05) is 6.54 Å². The van der Waals surface area contributed by atoms with Crippen molar-refractivity contribution < 1.29 is 8.78 Å². The lowest BCUT2D eigenvalue weighted by atomic mass is 10.1. The Balaban J connectivity index is 2.25. The van der Waals surface area contributed by atoms with E-state index in [4.69, 9.17) is 0 Å². The molecular formula is C16H25F2N. The molecule has 0 fully saturated rings. The maximum Gasteiger partial charge on any atom is 0.129 e. The van der Waals surface area contributed by atoms with Crippen molar-refractivity contribution in [3.63, 3.8) is 0 Å². The number of nitrogens with one attached hydrogen (secondary N) is 1. The number of hydrogen-bond acceptors (Lipinski definition) is 1. The first kappa shape index (κ1) is 16.1. The number of hydrogen-bond donors (Lipinski definition) is 1. The second-order valence-corrected chi connectivity index (χ2v) is 5.17. The highest BCUT2D eigenvalue weighted by Gasteiger charge is 2.11. The Labute approximate surface area is 115 Å². The van der Waals surface area contributed by atoms with Gasteiger partial charge in [-0.05, 0) is 38.4 Å². The van der Waals surface area contributed by atoms with Crippen LogP contribution in [-0.4, -0.2) is 12.6 Å². The number of benzene rings is 1. The van der Waals surface area contributed by atoms with Gasteiger partial charge in [0, 0.05) is 11.6 Å². The van der Waals surface area contributed by atoms with E-state index in [0.717, 1.165) is 13.0 Å². The summed E-state index contributed by atoms with van der Waals surface area (Å²) in [7, 11) is 0. The van der Waals surface area contributed by atoms with Gasteiger partial charge in [0.25, 0.3) is 0 Å². The zero-order chi connectivity index (χ0) is 14.1. The van der Waals surface area contributed by atoms with Crippen molar-refractivity contribution in [3.8, 4) is 0 Å². The highest BCUT2D eigenvalue weighted by molar-refractivity contribution is 5.20. The highest BCUT2D eigenvalue weighted by Crippen LogP contribution is 2.14. The summed E-state index contributed by atoms with van der Waals surface area (Å²) in [6.07, 6.45) is 6.56. The van der Waals surface area contributed by atoms with Gasteiger partial charge in [0.2, 0.25) is 0 Å². The maximum atomic E-state index is 13.5. The quantitative estimate of drug-likeness (QED) is 0.653. The average molecular weight is 269 g/mol.